The van der Waals surface area contributed by atoms with Crippen molar-refractivity contribution in [1.82, 2.24) is 9.13 Å². The second-order valence-electron chi connectivity index (χ2n) is 6.76. The SMILES string of the molecule is COc1ccc(Cl)cc1C(=O)OCC(=O)c1c(N)n(CC(C)C)c(=O)n(C)c1=O. The molecule has 0 aliphatic heterocycles. The van der Waals surface area contributed by atoms with Gasteiger partial charge < -0.3 is 15.2 Å². The summed E-state index contributed by atoms with van der Waals surface area (Å²) in [7, 11) is 2.62. The first kappa shape index (κ1) is 22.2. The van der Waals surface area contributed by atoms with Crippen LogP contribution in [0.3, 0.4) is 0 Å². The summed E-state index contributed by atoms with van der Waals surface area (Å²) in [4.78, 5) is 49.7. The number of ketones is 1. The summed E-state index contributed by atoms with van der Waals surface area (Å²) in [6.45, 7) is 3.20. The molecule has 0 saturated carbocycles. The molecule has 0 saturated heterocycles. The van der Waals surface area contributed by atoms with Crippen molar-refractivity contribution in [2.24, 2.45) is 13.0 Å². The minimum Gasteiger partial charge on any atom is -0.496 e. The van der Waals surface area contributed by atoms with E-state index in [9.17, 15) is 19.2 Å². The molecule has 0 amide bonds. The second-order valence-corrected chi connectivity index (χ2v) is 7.19. The number of esters is 1. The van der Waals surface area contributed by atoms with E-state index in [1.165, 1.54) is 32.4 Å². The van der Waals surface area contributed by atoms with E-state index in [1.54, 1.807) is 0 Å². The largest absolute Gasteiger partial charge is 0.496 e. The summed E-state index contributed by atoms with van der Waals surface area (Å²) in [5.74, 6) is -1.68. The molecule has 0 fully saturated rings. The molecular weight excluding hydrogens is 402 g/mol. The number of Topliss-reactive ketones (excluding diaryl/α,β-unsaturated/α-hetero) is 1. The van der Waals surface area contributed by atoms with Gasteiger partial charge in [-0.15, -0.1) is 0 Å². The van der Waals surface area contributed by atoms with Crippen LogP contribution in [-0.4, -0.2) is 34.6 Å². The van der Waals surface area contributed by atoms with Gasteiger partial charge in [-0.1, -0.05) is 25.4 Å². The lowest BCUT2D eigenvalue weighted by Gasteiger charge is -2.16. The molecule has 0 spiro atoms. The van der Waals surface area contributed by atoms with E-state index in [0.29, 0.717) is 0 Å². The van der Waals surface area contributed by atoms with Crippen LogP contribution in [0, 0.1) is 5.92 Å². The molecule has 29 heavy (non-hydrogen) atoms. The molecule has 0 bridgehead atoms. The van der Waals surface area contributed by atoms with Gasteiger partial charge >= 0.3 is 11.7 Å². The summed E-state index contributed by atoms with van der Waals surface area (Å²) in [6, 6.07) is 4.35. The first-order chi connectivity index (χ1) is 13.6. The number of hydrogen-bond acceptors (Lipinski definition) is 7. The maximum Gasteiger partial charge on any atom is 0.342 e. The van der Waals surface area contributed by atoms with Gasteiger partial charge in [0.15, 0.2) is 6.61 Å². The smallest absolute Gasteiger partial charge is 0.342 e. The highest BCUT2D eigenvalue weighted by Crippen LogP contribution is 2.23. The van der Waals surface area contributed by atoms with Crippen LogP contribution < -0.4 is 21.7 Å². The molecule has 1 aromatic carbocycles. The Morgan fingerprint density at radius 3 is 2.48 bits per heavy atom. The van der Waals surface area contributed by atoms with Crippen LogP contribution in [0.5, 0.6) is 5.75 Å². The number of carbonyl (C=O) groups excluding carboxylic acids is 2. The molecule has 1 aromatic heterocycles. The average molecular weight is 424 g/mol. The van der Waals surface area contributed by atoms with E-state index in [4.69, 9.17) is 26.8 Å². The Morgan fingerprint density at radius 1 is 1.24 bits per heavy atom. The fourth-order valence-corrected chi connectivity index (χ4v) is 2.88. The van der Waals surface area contributed by atoms with Gasteiger partial charge in [-0.05, 0) is 24.1 Å². The minimum absolute atomic E-state index is 0.0263. The maximum absolute atomic E-state index is 12.6. The van der Waals surface area contributed by atoms with E-state index < -0.39 is 35.2 Å². The van der Waals surface area contributed by atoms with Gasteiger partial charge in [0.05, 0.1) is 7.11 Å². The van der Waals surface area contributed by atoms with Crippen LogP contribution in [0.4, 0.5) is 5.82 Å². The monoisotopic (exact) mass is 423 g/mol. The Morgan fingerprint density at radius 2 is 1.90 bits per heavy atom. The number of nitrogen functional groups attached to an aromatic ring is 1. The van der Waals surface area contributed by atoms with Crippen molar-refractivity contribution in [3.8, 4) is 5.75 Å². The summed E-state index contributed by atoms with van der Waals surface area (Å²) < 4.78 is 12.1. The Bertz CT molecular complexity index is 1070. The molecule has 0 aliphatic carbocycles. The number of carbonyl (C=O) groups is 2. The van der Waals surface area contributed by atoms with Crippen LogP contribution in [0.2, 0.25) is 5.02 Å². The number of ether oxygens (including phenoxy) is 2. The van der Waals surface area contributed by atoms with Gasteiger partial charge in [-0.25, -0.2) is 9.59 Å². The van der Waals surface area contributed by atoms with Crippen LogP contribution in [0.1, 0.15) is 34.6 Å². The van der Waals surface area contributed by atoms with E-state index in [0.717, 1.165) is 9.13 Å². The topological polar surface area (TPSA) is 123 Å². The van der Waals surface area contributed by atoms with Crippen LogP contribution in [-0.2, 0) is 18.3 Å². The molecule has 156 valence electrons. The van der Waals surface area contributed by atoms with Gasteiger partial charge in [0.1, 0.15) is 22.7 Å². The summed E-state index contributed by atoms with van der Waals surface area (Å²) in [5.41, 5.74) is 4.08. The lowest BCUT2D eigenvalue weighted by atomic mass is 10.1. The third-order valence-electron chi connectivity index (χ3n) is 4.13. The number of nitrogens with two attached hydrogens (primary N) is 1. The standard InChI is InChI=1S/C19H22ClN3O6/c1-10(2)8-23-16(21)15(17(25)22(3)19(23)27)13(24)9-29-18(26)12-7-11(20)5-6-14(12)28-4/h5-7,10H,8-9,21H2,1-4H3. The van der Waals surface area contributed by atoms with Crippen LogP contribution in [0.25, 0.3) is 0 Å². The fraction of sp³-hybridized carbons (Fsp3) is 0.368. The third kappa shape index (κ3) is 4.68. The van der Waals surface area contributed by atoms with E-state index in [1.807, 2.05) is 13.8 Å². The molecule has 2 rings (SSSR count). The normalized spacial score (nSPS) is 10.8. The first-order valence-electron chi connectivity index (χ1n) is 8.71. The molecule has 9 nitrogen and oxygen atoms in total. The highest BCUT2D eigenvalue weighted by Gasteiger charge is 2.24. The number of benzene rings is 1. The maximum atomic E-state index is 12.6. The fourth-order valence-electron chi connectivity index (χ4n) is 2.71. The van der Waals surface area contributed by atoms with Crippen molar-refractivity contribution in [1.29, 1.82) is 0 Å². The highest BCUT2D eigenvalue weighted by molar-refractivity contribution is 6.31. The predicted octanol–water partition coefficient (Wildman–Crippen LogP) is 1.49. The number of nitrogens with zero attached hydrogens (tertiary/aromatic N) is 2. The zero-order valence-corrected chi connectivity index (χ0v) is 17.3. The summed E-state index contributed by atoms with van der Waals surface area (Å²) >= 11 is 5.89. The Balaban J connectivity index is 2.33. The van der Waals surface area contributed by atoms with E-state index in [2.05, 4.69) is 0 Å². The zero-order chi connectivity index (χ0) is 21.9. The molecule has 10 heteroatoms. The molecule has 2 N–H and O–H groups in total. The van der Waals surface area contributed by atoms with Gasteiger partial charge in [0.2, 0.25) is 5.78 Å². The lowest BCUT2D eigenvalue weighted by molar-refractivity contribution is 0.0471. The number of hydrogen-bond donors (Lipinski definition) is 1. The van der Waals surface area contributed by atoms with E-state index in [-0.39, 0.29) is 34.6 Å². The van der Waals surface area contributed by atoms with Crippen molar-refractivity contribution < 1.29 is 19.1 Å². The van der Waals surface area contributed by atoms with Gasteiger partial charge in [0.25, 0.3) is 5.56 Å². The highest BCUT2D eigenvalue weighted by atomic mass is 35.5. The Kier molecular flexibility index (Phi) is 6.86. The number of rotatable bonds is 7. The zero-order valence-electron chi connectivity index (χ0n) is 16.5. The first-order valence-corrected chi connectivity index (χ1v) is 9.09. The quantitative estimate of drug-likeness (QED) is 0.528. The molecule has 0 radical (unpaired) electrons. The number of aromatic nitrogens is 2. The van der Waals surface area contributed by atoms with Crippen LogP contribution >= 0.6 is 11.6 Å². The number of methoxy groups -OCH3 is 1. The van der Waals surface area contributed by atoms with Crippen molar-refractivity contribution in [3.63, 3.8) is 0 Å². The molecule has 0 atom stereocenters. The van der Waals surface area contributed by atoms with Crippen molar-refractivity contribution in [2.75, 3.05) is 19.5 Å². The third-order valence-corrected chi connectivity index (χ3v) is 4.36. The molecular formula is C19H22ClN3O6. The predicted molar refractivity (Wildman–Crippen MR) is 108 cm³/mol. The lowest BCUT2D eigenvalue weighted by Crippen LogP contribution is -2.43. The second kappa shape index (κ2) is 8.95. The van der Waals surface area contributed by atoms with Crippen molar-refractivity contribution >= 4 is 29.2 Å². The van der Waals surface area contributed by atoms with Crippen LogP contribution in [0.15, 0.2) is 27.8 Å². The molecule has 0 unspecified atom stereocenters. The van der Waals surface area contributed by atoms with Gasteiger partial charge in [-0.2, -0.15) is 0 Å². The Labute approximate surface area is 171 Å². The van der Waals surface area contributed by atoms with E-state index >= 15 is 0 Å². The van der Waals surface area contributed by atoms with Crippen molar-refractivity contribution in [2.45, 2.75) is 20.4 Å². The number of anilines is 1. The minimum atomic E-state index is -0.858. The summed E-state index contributed by atoms with van der Waals surface area (Å²) in [5, 5.41) is 0.281. The Hall–Kier alpha value is -3.07. The van der Waals surface area contributed by atoms with Gasteiger partial charge in [0, 0.05) is 18.6 Å². The molecule has 0 aliphatic rings. The molecule has 1 heterocycles. The molecule has 2 aromatic rings. The summed E-state index contributed by atoms with van der Waals surface area (Å²) in [6.07, 6.45) is 0. The van der Waals surface area contributed by atoms with Crippen molar-refractivity contribution in [3.05, 3.63) is 55.2 Å². The van der Waals surface area contributed by atoms with Gasteiger partial charge in [-0.3, -0.25) is 18.7 Å². The number of halogens is 1. The average Bonchev–Trinajstić information content (AvgIpc) is 2.67.